The van der Waals surface area contributed by atoms with Crippen LogP contribution in [0.2, 0.25) is 0 Å². The van der Waals surface area contributed by atoms with E-state index < -0.39 is 11.9 Å². The minimum atomic E-state index is -0.659. The Morgan fingerprint density at radius 2 is 1.79 bits per heavy atom. The van der Waals surface area contributed by atoms with Crippen LogP contribution in [0.4, 0.5) is 5.82 Å². The summed E-state index contributed by atoms with van der Waals surface area (Å²) < 4.78 is 0. The van der Waals surface area contributed by atoms with Crippen molar-refractivity contribution in [2.75, 3.05) is 5.32 Å². The van der Waals surface area contributed by atoms with Gasteiger partial charge in [0.1, 0.15) is 11.9 Å². The molecule has 0 spiro atoms. The molecule has 0 radical (unpaired) electrons. The molecule has 0 unspecified atom stereocenters. The van der Waals surface area contributed by atoms with Crippen LogP contribution in [0.1, 0.15) is 38.1 Å². The lowest BCUT2D eigenvalue weighted by Gasteiger charge is -2.24. The number of anilines is 1. The SMILES string of the molecule is CC(C)[C@@H](Nc1cnc(C=CC(=O)NO)cn1)C(=O)N[C@@H](C)c1ccccc1. The molecule has 28 heavy (non-hydrogen) atoms. The standard InChI is InChI=1S/C20H25N5O3/c1-13(2)19(20(27)23-14(3)15-7-5-4-6-8-15)24-17-12-21-16(11-22-17)9-10-18(26)25-28/h4-14,19,28H,1-3H3,(H,22,24)(H,23,27)(H,25,26)/t14-,19+/m0/s1. The van der Waals surface area contributed by atoms with Gasteiger partial charge in [0.05, 0.1) is 24.1 Å². The van der Waals surface area contributed by atoms with E-state index in [4.69, 9.17) is 5.21 Å². The topological polar surface area (TPSA) is 116 Å². The summed E-state index contributed by atoms with van der Waals surface area (Å²) in [5, 5.41) is 14.6. The van der Waals surface area contributed by atoms with Gasteiger partial charge in [-0.15, -0.1) is 0 Å². The number of nitrogens with one attached hydrogen (secondary N) is 3. The summed E-state index contributed by atoms with van der Waals surface area (Å²) in [5.74, 6) is -0.313. The summed E-state index contributed by atoms with van der Waals surface area (Å²) in [7, 11) is 0. The van der Waals surface area contributed by atoms with Crippen LogP contribution in [0.15, 0.2) is 48.8 Å². The second-order valence-electron chi connectivity index (χ2n) is 6.64. The number of amides is 2. The summed E-state index contributed by atoms with van der Waals surface area (Å²) in [6, 6.07) is 9.15. The third-order valence-corrected chi connectivity index (χ3v) is 4.10. The van der Waals surface area contributed by atoms with E-state index in [1.807, 2.05) is 51.1 Å². The molecule has 0 saturated carbocycles. The molecule has 0 saturated heterocycles. The fourth-order valence-corrected chi connectivity index (χ4v) is 2.52. The molecule has 2 aromatic rings. The molecule has 0 bridgehead atoms. The normalized spacial score (nSPS) is 13.2. The Balaban J connectivity index is 2.02. The maximum absolute atomic E-state index is 12.7. The Labute approximate surface area is 164 Å². The van der Waals surface area contributed by atoms with E-state index in [1.165, 1.54) is 23.9 Å². The molecule has 0 aliphatic heterocycles. The second-order valence-corrected chi connectivity index (χ2v) is 6.64. The van der Waals surface area contributed by atoms with Crippen LogP contribution < -0.4 is 16.1 Å². The molecule has 0 fully saturated rings. The van der Waals surface area contributed by atoms with Crippen molar-refractivity contribution in [2.45, 2.75) is 32.9 Å². The van der Waals surface area contributed by atoms with Gasteiger partial charge in [-0.3, -0.25) is 19.8 Å². The van der Waals surface area contributed by atoms with E-state index in [0.717, 1.165) is 11.6 Å². The summed E-state index contributed by atoms with van der Waals surface area (Å²) in [6.45, 7) is 5.83. The van der Waals surface area contributed by atoms with Crippen molar-refractivity contribution in [2.24, 2.45) is 5.92 Å². The van der Waals surface area contributed by atoms with E-state index in [9.17, 15) is 9.59 Å². The number of hydrogen-bond acceptors (Lipinski definition) is 6. The molecule has 2 atom stereocenters. The van der Waals surface area contributed by atoms with E-state index in [0.29, 0.717) is 11.5 Å². The predicted molar refractivity (Wildman–Crippen MR) is 106 cm³/mol. The minimum Gasteiger partial charge on any atom is -0.357 e. The molecule has 148 valence electrons. The third kappa shape index (κ3) is 6.17. The first-order chi connectivity index (χ1) is 13.4. The largest absolute Gasteiger partial charge is 0.357 e. The molecule has 0 aliphatic rings. The molecule has 2 rings (SSSR count). The smallest absolute Gasteiger partial charge is 0.267 e. The van der Waals surface area contributed by atoms with E-state index in [1.54, 1.807) is 0 Å². The number of carbonyl (C=O) groups excluding carboxylic acids is 2. The Morgan fingerprint density at radius 1 is 1.07 bits per heavy atom. The maximum atomic E-state index is 12.7. The van der Waals surface area contributed by atoms with Crippen molar-refractivity contribution in [1.82, 2.24) is 20.8 Å². The molecule has 1 aromatic carbocycles. The summed E-state index contributed by atoms with van der Waals surface area (Å²) in [4.78, 5) is 32.1. The Morgan fingerprint density at radius 3 is 2.36 bits per heavy atom. The number of nitrogens with zero attached hydrogens (tertiary/aromatic N) is 2. The summed E-state index contributed by atoms with van der Waals surface area (Å²) in [6.07, 6.45) is 5.49. The molecule has 0 aliphatic carbocycles. The highest BCUT2D eigenvalue weighted by atomic mass is 16.5. The first-order valence-corrected chi connectivity index (χ1v) is 8.96. The summed E-state index contributed by atoms with van der Waals surface area (Å²) in [5.41, 5.74) is 2.97. The summed E-state index contributed by atoms with van der Waals surface area (Å²) >= 11 is 0. The van der Waals surface area contributed by atoms with Gasteiger partial charge in [0.25, 0.3) is 5.91 Å². The van der Waals surface area contributed by atoms with Gasteiger partial charge in [-0.2, -0.15) is 0 Å². The van der Waals surface area contributed by atoms with Crippen LogP contribution in [-0.4, -0.2) is 33.0 Å². The predicted octanol–water partition coefficient (Wildman–Crippen LogP) is 2.31. The number of benzene rings is 1. The average molecular weight is 383 g/mol. The lowest BCUT2D eigenvalue weighted by Crippen LogP contribution is -2.44. The van der Waals surface area contributed by atoms with Gasteiger partial charge in [-0.25, -0.2) is 10.5 Å². The van der Waals surface area contributed by atoms with Crippen molar-refractivity contribution >= 4 is 23.7 Å². The third-order valence-electron chi connectivity index (χ3n) is 4.10. The van der Waals surface area contributed by atoms with Gasteiger partial charge < -0.3 is 10.6 Å². The molecule has 2 amide bonds. The van der Waals surface area contributed by atoms with Crippen LogP contribution in [0.25, 0.3) is 6.08 Å². The van der Waals surface area contributed by atoms with Gasteiger partial charge in [-0.05, 0) is 24.5 Å². The Kier molecular flexibility index (Phi) is 7.65. The lowest BCUT2D eigenvalue weighted by molar-refractivity contribution is -0.124. The van der Waals surface area contributed by atoms with Crippen molar-refractivity contribution in [1.29, 1.82) is 0 Å². The molecule has 4 N–H and O–H groups in total. The zero-order valence-electron chi connectivity index (χ0n) is 16.1. The molecular formula is C20H25N5O3. The number of hydrogen-bond donors (Lipinski definition) is 4. The van der Waals surface area contributed by atoms with E-state index in [-0.39, 0.29) is 17.9 Å². The fraction of sp³-hybridized carbons (Fsp3) is 0.300. The van der Waals surface area contributed by atoms with Crippen molar-refractivity contribution in [3.63, 3.8) is 0 Å². The second kappa shape index (κ2) is 10.2. The van der Waals surface area contributed by atoms with Crippen LogP contribution in [-0.2, 0) is 9.59 Å². The van der Waals surface area contributed by atoms with Gasteiger partial charge in [-0.1, -0.05) is 44.2 Å². The first-order valence-electron chi connectivity index (χ1n) is 8.96. The number of hydroxylamine groups is 1. The van der Waals surface area contributed by atoms with E-state index in [2.05, 4.69) is 20.6 Å². The molecule has 1 heterocycles. The van der Waals surface area contributed by atoms with Crippen LogP contribution in [0.3, 0.4) is 0 Å². The first kappa shape index (κ1) is 21.0. The minimum absolute atomic E-state index is 0.0256. The van der Waals surface area contributed by atoms with Gasteiger partial charge in [0, 0.05) is 6.08 Å². The highest BCUT2D eigenvalue weighted by Crippen LogP contribution is 2.15. The Hall–Kier alpha value is -3.26. The molecular weight excluding hydrogens is 358 g/mol. The van der Waals surface area contributed by atoms with E-state index >= 15 is 0 Å². The zero-order chi connectivity index (χ0) is 20.5. The van der Waals surface area contributed by atoms with Gasteiger partial charge >= 0.3 is 0 Å². The maximum Gasteiger partial charge on any atom is 0.267 e. The molecule has 8 nitrogen and oxygen atoms in total. The van der Waals surface area contributed by atoms with Crippen LogP contribution in [0, 0.1) is 5.92 Å². The highest BCUT2D eigenvalue weighted by molar-refractivity contribution is 5.90. The number of aromatic nitrogens is 2. The average Bonchev–Trinajstić information content (AvgIpc) is 2.71. The van der Waals surface area contributed by atoms with Crippen molar-refractivity contribution in [3.05, 3.63) is 60.1 Å². The molecule has 8 heteroatoms. The van der Waals surface area contributed by atoms with Crippen LogP contribution in [0.5, 0.6) is 0 Å². The number of carbonyl (C=O) groups is 2. The van der Waals surface area contributed by atoms with Gasteiger partial charge in [0.15, 0.2) is 0 Å². The van der Waals surface area contributed by atoms with Crippen molar-refractivity contribution < 1.29 is 14.8 Å². The quantitative estimate of drug-likeness (QED) is 0.316. The number of rotatable bonds is 8. The van der Waals surface area contributed by atoms with Gasteiger partial charge in [0.2, 0.25) is 5.91 Å². The van der Waals surface area contributed by atoms with Crippen LogP contribution >= 0.6 is 0 Å². The monoisotopic (exact) mass is 383 g/mol. The van der Waals surface area contributed by atoms with Crippen molar-refractivity contribution in [3.8, 4) is 0 Å². The fourth-order valence-electron chi connectivity index (χ4n) is 2.52. The lowest BCUT2D eigenvalue weighted by atomic mass is 10.0. The highest BCUT2D eigenvalue weighted by Gasteiger charge is 2.24. The zero-order valence-corrected chi connectivity index (χ0v) is 16.1. The Bertz CT molecular complexity index is 806. The molecule has 1 aromatic heterocycles.